The average Bonchev–Trinajstić information content (AvgIpc) is 3.38. The van der Waals surface area contributed by atoms with E-state index in [-0.39, 0.29) is 30.2 Å². The molecule has 0 spiro atoms. The number of aryl methyl sites for hydroxylation is 1. The average molecular weight is 509 g/mol. The summed E-state index contributed by atoms with van der Waals surface area (Å²) in [5.74, 6) is -0.630. The summed E-state index contributed by atoms with van der Waals surface area (Å²) in [6.45, 7) is 3.32. The van der Waals surface area contributed by atoms with Gasteiger partial charge < -0.3 is 14.5 Å². The Kier molecular flexibility index (Phi) is 8.88. The number of carbonyl (C=O) groups excluding carboxylic acids is 2. The highest BCUT2D eigenvalue weighted by Crippen LogP contribution is 2.38. The van der Waals surface area contributed by atoms with E-state index < -0.39 is 0 Å². The van der Waals surface area contributed by atoms with Gasteiger partial charge >= 0.3 is 0 Å². The van der Waals surface area contributed by atoms with Crippen LogP contribution in [-0.2, 0) is 22.4 Å². The molecule has 3 aromatic rings. The molecule has 7 heteroatoms. The molecule has 1 atom stereocenters. The van der Waals surface area contributed by atoms with Crippen LogP contribution in [0.3, 0.4) is 0 Å². The predicted molar refractivity (Wildman–Crippen MR) is 141 cm³/mol. The maximum Gasteiger partial charge on any atom is 0.254 e. The summed E-state index contributed by atoms with van der Waals surface area (Å²) in [4.78, 5) is 31.7. The van der Waals surface area contributed by atoms with Crippen LogP contribution in [0, 0.1) is 5.82 Å². The summed E-state index contributed by atoms with van der Waals surface area (Å²) in [5.41, 5.74) is 3.70. The summed E-state index contributed by atoms with van der Waals surface area (Å²) >= 11 is 1.68. The van der Waals surface area contributed by atoms with Crippen molar-refractivity contribution in [3.05, 3.63) is 92.9 Å². The van der Waals surface area contributed by atoms with E-state index in [1.807, 2.05) is 40.6 Å². The Balaban J connectivity index is 1.55. The van der Waals surface area contributed by atoms with Gasteiger partial charge in [-0.15, -0.1) is 11.3 Å². The second kappa shape index (κ2) is 12.3. The fourth-order valence-corrected chi connectivity index (χ4v) is 5.58. The van der Waals surface area contributed by atoms with E-state index in [9.17, 15) is 14.0 Å². The topological polar surface area (TPSA) is 49.9 Å². The molecule has 2 heterocycles. The molecule has 1 aromatic heterocycles. The molecule has 0 saturated heterocycles. The molecule has 4 rings (SSSR count). The molecule has 0 bridgehead atoms. The Morgan fingerprint density at radius 3 is 2.56 bits per heavy atom. The number of benzene rings is 2. The zero-order chi connectivity index (χ0) is 25.5. The Hall–Kier alpha value is -3.03. The maximum absolute atomic E-state index is 13.7. The molecule has 1 unspecified atom stereocenters. The molecule has 0 N–H and O–H groups in total. The van der Waals surface area contributed by atoms with E-state index in [0.29, 0.717) is 25.3 Å². The maximum atomic E-state index is 13.7. The molecule has 2 aromatic carbocycles. The molecule has 1 aliphatic rings. The molecule has 2 amide bonds. The van der Waals surface area contributed by atoms with Gasteiger partial charge in [-0.05, 0) is 71.7 Å². The van der Waals surface area contributed by atoms with Crippen LogP contribution in [0.15, 0.2) is 60.0 Å². The van der Waals surface area contributed by atoms with Gasteiger partial charge in [0.1, 0.15) is 12.4 Å². The van der Waals surface area contributed by atoms with Crippen molar-refractivity contribution in [2.45, 2.75) is 38.6 Å². The van der Waals surface area contributed by atoms with Gasteiger partial charge in [0, 0.05) is 30.6 Å². The highest BCUT2D eigenvalue weighted by Gasteiger charge is 2.34. The zero-order valence-corrected chi connectivity index (χ0v) is 21.7. The number of unbranched alkanes of at least 4 members (excludes halogenated alkanes) is 1. The number of ether oxygens (including phenoxy) is 1. The van der Waals surface area contributed by atoms with Crippen molar-refractivity contribution in [1.29, 1.82) is 0 Å². The van der Waals surface area contributed by atoms with Crippen LogP contribution in [0.2, 0.25) is 0 Å². The van der Waals surface area contributed by atoms with Crippen molar-refractivity contribution in [3.63, 3.8) is 0 Å². The first-order valence-electron chi connectivity index (χ1n) is 12.5. The first-order chi connectivity index (χ1) is 17.5. The number of hydrogen-bond acceptors (Lipinski definition) is 4. The number of methoxy groups -OCH3 is 1. The van der Waals surface area contributed by atoms with E-state index in [0.717, 1.165) is 36.8 Å². The summed E-state index contributed by atoms with van der Waals surface area (Å²) in [7, 11) is 1.58. The van der Waals surface area contributed by atoms with Crippen LogP contribution in [0.4, 0.5) is 4.39 Å². The third-order valence-corrected chi connectivity index (χ3v) is 7.67. The second-order valence-corrected chi connectivity index (χ2v) is 10.1. The van der Waals surface area contributed by atoms with Gasteiger partial charge in [-0.3, -0.25) is 9.59 Å². The lowest BCUT2D eigenvalue weighted by molar-refractivity contribution is -0.134. The van der Waals surface area contributed by atoms with Crippen LogP contribution in [-0.4, -0.2) is 55.0 Å². The molecular weight excluding hydrogens is 475 g/mol. The highest BCUT2D eigenvalue weighted by molar-refractivity contribution is 7.10. The van der Waals surface area contributed by atoms with E-state index in [1.165, 1.54) is 22.6 Å². The third kappa shape index (κ3) is 6.02. The molecule has 0 fully saturated rings. The number of thiophene rings is 1. The minimum Gasteiger partial charge on any atom is -0.383 e. The molecule has 0 saturated carbocycles. The van der Waals surface area contributed by atoms with Crippen LogP contribution >= 0.6 is 11.3 Å². The van der Waals surface area contributed by atoms with Gasteiger partial charge in [0.05, 0.1) is 12.6 Å². The number of rotatable bonds is 10. The number of hydrogen-bond donors (Lipinski definition) is 0. The van der Waals surface area contributed by atoms with Crippen molar-refractivity contribution in [1.82, 2.24) is 9.80 Å². The number of carbonyl (C=O) groups is 2. The number of amides is 2. The van der Waals surface area contributed by atoms with Gasteiger partial charge in [-0.25, -0.2) is 4.39 Å². The Bertz CT molecular complexity index is 1160. The van der Waals surface area contributed by atoms with E-state index in [4.69, 9.17) is 4.74 Å². The quantitative estimate of drug-likeness (QED) is 0.364. The molecule has 0 radical (unpaired) electrons. The molecule has 1 aliphatic heterocycles. The summed E-state index contributed by atoms with van der Waals surface area (Å²) in [6, 6.07) is 15.7. The van der Waals surface area contributed by atoms with Crippen LogP contribution in [0.25, 0.3) is 0 Å². The lowest BCUT2D eigenvalue weighted by atomic mass is 9.93. The summed E-state index contributed by atoms with van der Waals surface area (Å²) in [6.07, 6.45) is 3.98. The minimum atomic E-state index is -0.310. The largest absolute Gasteiger partial charge is 0.383 e. The first kappa shape index (κ1) is 26.0. The number of halogens is 1. The molecule has 190 valence electrons. The minimum absolute atomic E-state index is 0.0447. The van der Waals surface area contributed by atoms with Crippen molar-refractivity contribution >= 4 is 23.2 Å². The normalized spacial score (nSPS) is 15.0. The van der Waals surface area contributed by atoms with Gasteiger partial charge in [0.15, 0.2) is 0 Å². The SMILES string of the molecule is CCCCc1ccc(C(=O)N(CCOC)CC(=O)N2CCc3sccc3C2c2ccc(F)cc2)cc1. The van der Waals surface area contributed by atoms with E-state index in [2.05, 4.69) is 6.92 Å². The fourth-order valence-electron chi connectivity index (χ4n) is 4.68. The summed E-state index contributed by atoms with van der Waals surface area (Å²) < 4.78 is 18.9. The third-order valence-electron chi connectivity index (χ3n) is 6.67. The Morgan fingerprint density at radius 2 is 1.86 bits per heavy atom. The van der Waals surface area contributed by atoms with Crippen molar-refractivity contribution < 1.29 is 18.7 Å². The van der Waals surface area contributed by atoms with Crippen LogP contribution in [0.5, 0.6) is 0 Å². The second-order valence-electron chi connectivity index (χ2n) is 9.11. The van der Waals surface area contributed by atoms with Crippen molar-refractivity contribution in [2.24, 2.45) is 0 Å². The summed E-state index contributed by atoms with van der Waals surface area (Å²) in [5, 5.41) is 2.04. The van der Waals surface area contributed by atoms with Crippen LogP contribution < -0.4 is 0 Å². The molecular formula is C29H33FN2O3S. The fraction of sp³-hybridized carbons (Fsp3) is 0.379. The van der Waals surface area contributed by atoms with E-state index in [1.54, 1.807) is 35.5 Å². The van der Waals surface area contributed by atoms with Gasteiger partial charge in [0.2, 0.25) is 5.91 Å². The van der Waals surface area contributed by atoms with Crippen molar-refractivity contribution in [2.75, 3.05) is 33.4 Å². The van der Waals surface area contributed by atoms with Gasteiger partial charge in [-0.2, -0.15) is 0 Å². The first-order valence-corrected chi connectivity index (χ1v) is 13.4. The zero-order valence-electron chi connectivity index (χ0n) is 20.9. The van der Waals surface area contributed by atoms with Crippen molar-refractivity contribution in [3.8, 4) is 0 Å². The lowest BCUT2D eigenvalue weighted by Gasteiger charge is -2.37. The Morgan fingerprint density at radius 1 is 1.11 bits per heavy atom. The standard InChI is InChI=1S/C29H33FN2O3S/c1-3-4-5-21-6-8-23(9-7-21)29(34)31(17-18-35-2)20-27(33)32-16-14-26-25(15-19-36-26)28(32)22-10-12-24(30)13-11-22/h6-13,15,19,28H,3-5,14,16-18,20H2,1-2H3. The smallest absolute Gasteiger partial charge is 0.254 e. The number of fused-ring (bicyclic) bond motifs is 1. The van der Waals surface area contributed by atoms with Gasteiger partial charge in [0.25, 0.3) is 5.91 Å². The monoisotopic (exact) mass is 508 g/mol. The highest BCUT2D eigenvalue weighted by atomic mass is 32.1. The van der Waals surface area contributed by atoms with E-state index >= 15 is 0 Å². The predicted octanol–water partition coefficient (Wildman–Crippen LogP) is 5.49. The Labute approximate surface area is 216 Å². The van der Waals surface area contributed by atoms with Crippen LogP contribution in [0.1, 0.15) is 57.7 Å². The molecule has 5 nitrogen and oxygen atoms in total. The van der Waals surface area contributed by atoms with Gasteiger partial charge in [-0.1, -0.05) is 37.6 Å². The molecule has 0 aliphatic carbocycles. The number of nitrogens with zero attached hydrogens (tertiary/aromatic N) is 2. The molecule has 36 heavy (non-hydrogen) atoms. The lowest BCUT2D eigenvalue weighted by Crippen LogP contribution is -2.47.